The third-order valence-electron chi connectivity index (χ3n) is 5.83. The standard InChI is InChI=1S/C25H33ClFN5O3/c1-14-23(22(15(2)28)16(3)33)30-24(31-25(14)32-9-5-6-17(27)12-32)20-10-19(7-8-21(20)26)35-13-18(34)11-29-4/h7-8,10,17-18,29,34H,5-6,9,11-13,28H2,1-4H3/t17?,18-/m1/s1. The largest absolute Gasteiger partial charge is 0.491 e. The second-order valence-corrected chi connectivity index (χ2v) is 9.22. The number of nitrogens with two attached hydrogens (primary N) is 1. The maximum atomic E-state index is 14.3. The van der Waals surface area contributed by atoms with Crippen molar-refractivity contribution in [1.29, 1.82) is 0 Å². The molecule has 0 spiro atoms. The number of allylic oxidation sites excluding steroid dienone is 2. The van der Waals surface area contributed by atoms with Crippen LogP contribution in [0.5, 0.6) is 5.75 Å². The number of ketones is 1. The molecular weight excluding hydrogens is 473 g/mol. The van der Waals surface area contributed by atoms with Crippen LogP contribution >= 0.6 is 11.6 Å². The summed E-state index contributed by atoms with van der Waals surface area (Å²) < 4.78 is 20.0. The van der Waals surface area contributed by atoms with E-state index in [-0.39, 0.29) is 24.8 Å². The second-order valence-electron chi connectivity index (χ2n) is 8.81. The van der Waals surface area contributed by atoms with Gasteiger partial charge in [0.25, 0.3) is 0 Å². The highest BCUT2D eigenvalue weighted by Gasteiger charge is 2.27. The van der Waals surface area contributed by atoms with E-state index < -0.39 is 12.3 Å². The molecule has 3 rings (SSSR count). The van der Waals surface area contributed by atoms with Gasteiger partial charge in [0, 0.05) is 29.9 Å². The number of aliphatic hydroxyl groups excluding tert-OH is 1. The number of carbonyl (C=O) groups is 1. The topological polar surface area (TPSA) is 114 Å². The number of nitrogens with zero attached hydrogens (tertiary/aromatic N) is 3. The van der Waals surface area contributed by atoms with Crippen molar-refractivity contribution in [3.8, 4) is 17.1 Å². The number of rotatable bonds is 9. The Kier molecular flexibility index (Phi) is 9.04. The molecule has 190 valence electrons. The third-order valence-corrected chi connectivity index (χ3v) is 6.16. The molecule has 1 aliphatic rings. The van der Waals surface area contributed by atoms with Crippen molar-refractivity contribution in [1.82, 2.24) is 15.3 Å². The molecule has 1 unspecified atom stereocenters. The van der Waals surface area contributed by atoms with Gasteiger partial charge in [-0.2, -0.15) is 0 Å². The van der Waals surface area contributed by atoms with E-state index in [9.17, 15) is 14.3 Å². The minimum absolute atomic E-state index is 0.0857. The monoisotopic (exact) mass is 505 g/mol. The minimum Gasteiger partial charge on any atom is -0.491 e. The van der Waals surface area contributed by atoms with Crippen molar-refractivity contribution in [2.45, 2.75) is 45.9 Å². The van der Waals surface area contributed by atoms with E-state index >= 15 is 0 Å². The molecule has 0 amide bonds. The average molecular weight is 506 g/mol. The fraction of sp³-hybridized carbons (Fsp3) is 0.480. The van der Waals surface area contributed by atoms with Gasteiger partial charge in [0.1, 0.15) is 30.4 Å². The fourth-order valence-electron chi connectivity index (χ4n) is 4.18. The molecule has 2 heterocycles. The number of aliphatic hydroxyl groups is 1. The van der Waals surface area contributed by atoms with E-state index in [0.29, 0.717) is 70.6 Å². The Bertz CT molecular complexity index is 1110. The predicted octanol–water partition coefficient (Wildman–Crippen LogP) is 3.28. The molecule has 0 aliphatic carbocycles. The summed E-state index contributed by atoms with van der Waals surface area (Å²) in [6, 6.07) is 5.04. The van der Waals surface area contributed by atoms with Gasteiger partial charge in [-0.15, -0.1) is 0 Å². The van der Waals surface area contributed by atoms with Gasteiger partial charge in [-0.25, -0.2) is 14.4 Å². The molecule has 1 fully saturated rings. The first-order chi connectivity index (χ1) is 16.6. The lowest BCUT2D eigenvalue weighted by Crippen LogP contribution is -2.37. The summed E-state index contributed by atoms with van der Waals surface area (Å²) in [6.07, 6.45) is -0.449. The molecule has 1 saturated heterocycles. The van der Waals surface area contributed by atoms with Gasteiger partial charge in [-0.05, 0) is 58.9 Å². The first-order valence-corrected chi connectivity index (χ1v) is 12.0. The van der Waals surface area contributed by atoms with Crippen LogP contribution in [-0.2, 0) is 4.79 Å². The lowest BCUT2D eigenvalue weighted by Gasteiger charge is -2.32. The minimum atomic E-state index is -0.964. The molecule has 10 heteroatoms. The Labute approximate surface area is 210 Å². The molecular formula is C25H33ClFN5O3. The van der Waals surface area contributed by atoms with Crippen LogP contribution in [0.1, 0.15) is 37.9 Å². The number of anilines is 1. The zero-order chi connectivity index (χ0) is 25.7. The summed E-state index contributed by atoms with van der Waals surface area (Å²) >= 11 is 6.53. The molecule has 1 aliphatic heterocycles. The number of carbonyl (C=O) groups excluding carboxylic acids is 1. The van der Waals surface area contributed by atoms with Gasteiger partial charge in [-0.1, -0.05) is 11.6 Å². The van der Waals surface area contributed by atoms with Crippen LogP contribution in [0.4, 0.5) is 10.2 Å². The molecule has 1 aromatic carbocycles. The number of ether oxygens (including phenoxy) is 1. The summed E-state index contributed by atoms with van der Waals surface area (Å²) in [7, 11) is 1.74. The number of Topliss-reactive ketones (excluding diaryl/α,β-unsaturated/α-hetero) is 1. The lowest BCUT2D eigenvalue weighted by molar-refractivity contribution is -0.111. The average Bonchev–Trinajstić information content (AvgIpc) is 2.79. The van der Waals surface area contributed by atoms with Crippen molar-refractivity contribution in [2.24, 2.45) is 5.73 Å². The molecule has 0 bridgehead atoms. The Morgan fingerprint density at radius 3 is 2.77 bits per heavy atom. The van der Waals surface area contributed by atoms with Crippen LogP contribution in [0.25, 0.3) is 17.0 Å². The van der Waals surface area contributed by atoms with Gasteiger partial charge in [-0.3, -0.25) is 4.79 Å². The van der Waals surface area contributed by atoms with E-state index in [4.69, 9.17) is 32.0 Å². The fourth-order valence-corrected chi connectivity index (χ4v) is 4.38. The number of nitrogens with one attached hydrogen (secondary N) is 1. The van der Waals surface area contributed by atoms with Gasteiger partial charge < -0.3 is 25.8 Å². The molecule has 2 atom stereocenters. The van der Waals surface area contributed by atoms with Gasteiger partial charge in [0.2, 0.25) is 0 Å². The number of hydrogen-bond donors (Lipinski definition) is 3. The smallest absolute Gasteiger partial charge is 0.163 e. The highest BCUT2D eigenvalue weighted by molar-refractivity contribution is 6.33. The molecule has 8 nitrogen and oxygen atoms in total. The number of likely N-dealkylation sites (N-methyl/N-ethyl adjacent to an activating group) is 1. The summed E-state index contributed by atoms with van der Waals surface area (Å²) in [5, 5.41) is 13.2. The van der Waals surface area contributed by atoms with Crippen LogP contribution < -0.4 is 20.7 Å². The molecule has 35 heavy (non-hydrogen) atoms. The predicted molar refractivity (Wildman–Crippen MR) is 136 cm³/mol. The molecule has 4 N–H and O–H groups in total. The van der Waals surface area contributed by atoms with Crippen LogP contribution in [0, 0.1) is 6.92 Å². The van der Waals surface area contributed by atoms with Crippen LogP contribution in [0.3, 0.4) is 0 Å². The number of benzene rings is 1. The zero-order valence-electron chi connectivity index (χ0n) is 20.6. The van der Waals surface area contributed by atoms with Crippen molar-refractivity contribution in [3.05, 3.63) is 40.2 Å². The normalized spacial score (nSPS) is 17.7. The SMILES string of the molecule is CNC[C@@H](O)COc1ccc(Cl)c(-c2nc(C(C(C)=O)=C(C)N)c(C)c(N3CCCC(F)C3)n2)c1. The molecule has 0 radical (unpaired) electrons. The quantitative estimate of drug-likeness (QED) is 0.445. The van der Waals surface area contributed by atoms with Crippen molar-refractivity contribution in [2.75, 3.05) is 38.2 Å². The van der Waals surface area contributed by atoms with Crippen LogP contribution in [0.15, 0.2) is 23.9 Å². The maximum Gasteiger partial charge on any atom is 0.163 e. The molecule has 0 saturated carbocycles. The second kappa shape index (κ2) is 11.8. The number of alkyl halides is 1. The van der Waals surface area contributed by atoms with E-state index in [2.05, 4.69) is 5.32 Å². The van der Waals surface area contributed by atoms with E-state index in [1.807, 2.05) is 11.8 Å². The lowest BCUT2D eigenvalue weighted by atomic mass is 10.0. The number of halogens is 2. The van der Waals surface area contributed by atoms with Crippen molar-refractivity contribution < 1.29 is 19.0 Å². The number of hydrogen-bond acceptors (Lipinski definition) is 8. The maximum absolute atomic E-state index is 14.3. The Morgan fingerprint density at radius 1 is 1.40 bits per heavy atom. The highest BCUT2D eigenvalue weighted by atomic mass is 35.5. The number of piperidine rings is 1. The Balaban J connectivity index is 2.13. The summed E-state index contributed by atoms with van der Waals surface area (Å²) in [6.45, 7) is 6.21. The summed E-state index contributed by atoms with van der Waals surface area (Å²) in [5.41, 5.74) is 8.23. The van der Waals surface area contributed by atoms with Gasteiger partial charge in [0.05, 0.1) is 22.8 Å². The molecule has 1 aromatic heterocycles. The van der Waals surface area contributed by atoms with Crippen LogP contribution in [-0.4, -0.2) is 66.4 Å². The van der Waals surface area contributed by atoms with E-state index in [1.54, 1.807) is 32.2 Å². The summed E-state index contributed by atoms with van der Waals surface area (Å²) in [5.74, 6) is 1.06. The zero-order valence-corrected chi connectivity index (χ0v) is 21.3. The first-order valence-electron chi connectivity index (χ1n) is 11.6. The summed E-state index contributed by atoms with van der Waals surface area (Å²) in [4.78, 5) is 23.8. The van der Waals surface area contributed by atoms with Crippen molar-refractivity contribution >= 4 is 28.8 Å². The third kappa shape index (κ3) is 6.48. The highest BCUT2D eigenvalue weighted by Crippen LogP contribution is 2.35. The number of aromatic nitrogens is 2. The van der Waals surface area contributed by atoms with Crippen LogP contribution in [0.2, 0.25) is 5.02 Å². The van der Waals surface area contributed by atoms with Gasteiger partial charge >= 0.3 is 0 Å². The Morgan fingerprint density at radius 2 is 2.14 bits per heavy atom. The van der Waals surface area contributed by atoms with Gasteiger partial charge in [0.15, 0.2) is 11.6 Å². The van der Waals surface area contributed by atoms with E-state index in [1.165, 1.54) is 6.92 Å². The van der Waals surface area contributed by atoms with Crippen molar-refractivity contribution in [3.63, 3.8) is 0 Å². The Hall–Kier alpha value is -2.75. The first kappa shape index (κ1) is 26.8. The van der Waals surface area contributed by atoms with E-state index in [0.717, 1.165) is 0 Å². The molecule has 2 aromatic rings.